The van der Waals surface area contributed by atoms with Crippen molar-refractivity contribution in [1.82, 2.24) is 19.9 Å². The number of benzene rings is 4. The van der Waals surface area contributed by atoms with Crippen molar-refractivity contribution < 1.29 is 136 Å². The fourth-order valence-corrected chi connectivity index (χ4v) is 9.75. The van der Waals surface area contributed by atoms with Crippen LogP contribution in [0.5, 0.6) is 0 Å². The molecule has 14 N–H and O–H groups in total. The molecule has 4 aromatic carbocycles. The van der Waals surface area contributed by atoms with Crippen LogP contribution in [0, 0.1) is 0 Å². The molecule has 29 heteroatoms. The van der Waals surface area contributed by atoms with Crippen LogP contribution < -0.4 is 0 Å². The standard InChI is InChI=1S/C56H30N4O24.Fe/c61-45(62)17-9-21(49(69)70)37(22(10-17)50(71)72)41-29-1-2-30(57-29)42(38-23(51(73)74)11-18(46(63)64)12-24(38)52(75)76)32-5-6-34(59-32)44(40-27(55(81)82)15-20(48(67)68)16-28(40)56(83)84)36-8-7-35(60-36)43(33-4-3-31(41)58-33)39-25(53(77)78)13-19(47(65)66)14-26(39)54(79)80;/h1-16,57,60H,(H,61,62)(H,63,64)(H,65,66)(H,67,68)(H,69,70)(H,71,72)(H,73,74)(H,75,76)(H,77,78)(H,79,80)(H,81,82)(H,83,84);. The van der Waals surface area contributed by atoms with E-state index in [0.29, 0.717) is 48.5 Å². The first kappa shape index (κ1) is 58.8. The second-order valence-corrected chi connectivity index (χ2v) is 17.9. The zero-order valence-corrected chi connectivity index (χ0v) is 42.9. The van der Waals surface area contributed by atoms with E-state index in [1.807, 2.05) is 0 Å². The van der Waals surface area contributed by atoms with Crippen molar-refractivity contribution >= 4 is 118 Å². The number of nitrogens with one attached hydrogen (secondary N) is 2. The number of hydrogen-bond donors (Lipinski definition) is 14. The molecule has 0 atom stereocenters. The first-order valence-corrected chi connectivity index (χ1v) is 23.3. The van der Waals surface area contributed by atoms with Gasteiger partial charge in [-0.3, -0.25) is 0 Å². The summed E-state index contributed by atoms with van der Waals surface area (Å²) in [5.41, 5.74) is -21.2. The molecule has 0 saturated carbocycles. The molecule has 0 aliphatic carbocycles. The van der Waals surface area contributed by atoms with Crippen molar-refractivity contribution in [2.45, 2.75) is 0 Å². The number of aromatic nitrogens is 4. The van der Waals surface area contributed by atoms with Gasteiger partial charge < -0.3 is 71.2 Å². The number of aromatic amines is 2. The molecule has 2 aliphatic heterocycles. The SMILES string of the molecule is O=C(O)c1cc(C(=O)O)c(-c2c3nc(c(-c4c(C(=O)O)cc(C(=O)O)cc4C(=O)O)c4ccc([nH]4)c(-c4c(C(=O)O)cc(C(=O)O)cc4C(=O)O)c4nc(c(-c5c(C(=O)O)cc(C(=O)O)cc5C(=O)O)c5ccc2[nH]5)C=C4)C=C3)c(C(=O)O)c1.[Fe]. The van der Waals surface area contributed by atoms with Gasteiger partial charge in [0.2, 0.25) is 0 Å². The summed E-state index contributed by atoms with van der Waals surface area (Å²) in [6, 6.07) is 8.94. The predicted octanol–water partition coefficient (Wildman–Crippen LogP) is 7.70. The number of aromatic carboxylic acids is 12. The van der Waals surface area contributed by atoms with Crippen LogP contribution >= 0.6 is 0 Å². The topological polar surface area (TPSA) is 505 Å². The number of fused-ring (bicyclic) bond motifs is 8. The molecule has 8 bridgehead atoms. The number of carbonyl (C=O) groups is 12. The van der Waals surface area contributed by atoms with E-state index in [1.54, 1.807) is 0 Å². The Morgan fingerprint density at radius 1 is 0.247 bits per heavy atom. The van der Waals surface area contributed by atoms with Gasteiger partial charge in [-0.05, 0) is 97.1 Å². The molecular formula is C56H30FeN4O24. The molecule has 9 rings (SSSR count). The van der Waals surface area contributed by atoms with E-state index in [0.717, 1.165) is 48.6 Å². The molecule has 2 aliphatic rings. The fourth-order valence-electron chi connectivity index (χ4n) is 9.75. The molecule has 426 valence electrons. The maximum Gasteiger partial charge on any atom is 0.336 e. The molecule has 0 fully saturated rings. The van der Waals surface area contributed by atoms with Gasteiger partial charge in [0.1, 0.15) is 0 Å². The largest absolute Gasteiger partial charge is 0.478 e. The summed E-state index contributed by atoms with van der Waals surface area (Å²) in [6.07, 6.45) is 4.19. The van der Waals surface area contributed by atoms with E-state index in [-0.39, 0.29) is 17.1 Å². The number of hydrogen-bond acceptors (Lipinski definition) is 14. The summed E-state index contributed by atoms with van der Waals surface area (Å²) in [7, 11) is 0. The van der Waals surface area contributed by atoms with Gasteiger partial charge in [0.15, 0.2) is 0 Å². The predicted molar refractivity (Wildman–Crippen MR) is 284 cm³/mol. The third-order valence-corrected chi connectivity index (χ3v) is 13.1. The summed E-state index contributed by atoms with van der Waals surface area (Å²) in [6.45, 7) is 0. The minimum absolute atomic E-state index is 0. The number of rotatable bonds is 16. The molecule has 0 saturated heterocycles. The fraction of sp³-hybridized carbons (Fsp3) is 0. The number of H-pyrrole nitrogens is 2. The van der Waals surface area contributed by atoms with Gasteiger partial charge in [0, 0.05) is 83.6 Å². The van der Waals surface area contributed by atoms with E-state index in [4.69, 9.17) is 0 Å². The number of nitrogens with zero attached hydrogens (tertiary/aromatic N) is 2. The van der Waals surface area contributed by atoms with Crippen molar-refractivity contribution in [3.8, 4) is 44.5 Å². The molecule has 3 aromatic heterocycles. The minimum atomic E-state index is -1.95. The van der Waals surface area contributed by atoms with Crippen molar-refractivity contribution in [3.05, 3.63) is 162 Å². The molecule has 0 radical (unpaired) electrons. The smallest absolute Gasteiger partial charge is 0.336 e. The van der Waals surface area contributed by atoms with Crippen LogP contribution in [0.1, 0.15) is 147 Å². The van der Waals surface area contributed by atoms with Gasteiger partial charge in [-0.2, -0.15) is 0 Å². The van der Waals surface area contributed by atoms with Gasteiger partial charge in [0.25, 0.3) is 0 Å². The third kappa shape index (κ3) is 10.3. The zero-order valence-electron chi connectivity index (χ0n) is 41.8. The van der Waals surface area contributed by atoms with Crippen LogP contribution in [0.4, 0.5) is 0 Å². The quantitative estimate of drug-likeness (QED) is 0.0412. The summed E-state index contributed by atoms with van der Waals surface area (Å²) in [4.78, 5) is 171. The van der Waals surface area contributed by atoms with Crippen molar-refractivity contribution in [2.75, 3.05) is 0 Å². The Morgan fingerprint density at radius 3 is 0.529 bits per heavy atom. The Kier molecular flexibility index (Phi) is 15.2. The summed E-state index contributed by atoms with van der Waals surface area (Å²) < 4.78 is 0. The maximum absolute atomic E-state index is 13.3. The molecule has 5 heterocycles. The van der Waals surface area contributed by atoms with Gasteiger partial charge in [-0.15, -0.1) is 0 Å². The van der Waals surface area contributed by atoms with Gasteiger partial charge >= 0.3 is 71.6 Å². The second kappa shape index (κ2) is 21.9. The van der Waals surface area contributed by atoms with Gasteiger partial charge in [-0.1, -0.05) is 0 Å². The Hall–Kier alpha value is -12.4. The van der Waals surface area contributed by atoms with Crippen molar-refractivity contribution in [1.29, 1.82) is 0 Å². The molecule has 0 amide bonds. The third-order valence-electron chi connectivity index (χ3n) is 13.1. The molecular weight excluding hydrogens is 1170 g/mol. The zero-order chi connectivity index (χ0) is 61.2. The minimum Gasteiger partial charge on any atom is -0.478 e. The average molecular weight is 1200 g/mol. The first-order valence-electron chi connectivity index (χ1n) is 23.3. The van der Waals surface area contributed by atoms with Gasteiger partial charge in [-0.25, -0.2) is 67.5 Å². The van der Waals surface area contributed by atoms with Crippen LogP contribution in [-0.2, 0) is 17.1 Å². The summed E-state index contributed by atoms with van der Waals surface area (Å²) in [5, 5.41) is 126. The van der Waals surface area contributed by atoms with Crippen molar-refractivity contribution in [2.24, 2.45) is 0 Å². The van der Waals surface area contributed by atoms with Crippen LogP contribution in [-0.4, -0.2) is 153 Å². The molecule has 85 heavy (non-hydrogen) atoms. The van der Waals surface area contributed by atoms with Crippen LogP contribution in [0.2, 0.25) is 0 Å². The first-order chi connectivity index (χ1) is 39.6. The molecule has 0 unspecified atom stereocenters. The van der Waals surface area contributed by atoms with E-state index < -0.39 is 228 Å². The molecule has 28 nitrogen and oxygen atoms in total. The Labute approximate surface area is 478 Å². The normalized spacial score (nSPS) is 11.3. The van der Waals surface area contributed by atoms with Crippen molar-refractivity contribution in [3.63, 3.8) is 0 Å². The van der Waals surface area contributed by atoms with Crippen LogP contribution in [0.15, 0.2) is 72.8 Å². The number of carboxylic acid groups (broad SMARTS) is 12. The summed E-state index contributed by atoms with van der Waals surface area (Å²) >= 11 is 0. The Morgan fingerprint density at radius 2 is 0.400 bits per heavy atom. The van der Waals surface area contributed by atoms with Crippen LogP contribution in [0.25, 0.3) is 90.9 Å². The Balaban J connectivity index is 0.00000940. The summed E-state index contributed by atoms with van der Waals surface area (Å²) in [5.74, 6) is -22.8. The van der Waals surface area contributed by atoms with E-state index >= 15 is 0 Å². The van der Waals surface area contributed by atoms with E-state index in [1.165, 1.54) is 0 Å². The molecule has 0 spiro atoms. The maximum atomic E-state index is 13.3. The van der Waals surface area contributed by atoms with Gasteiger partial charge in [0.05, 0.1) is 89.5 Å². The average Bonchev–Trinajstić information content (AvgIpc) is 2.11. The number of carboxylic acids is 12. The van der Waals surface area contributed by atoms with E-state index in [2.05, 4.69) is 19.9 Å². The second-order valence-electron chi connectivity index (χ2n) is 17.9. The van der Waals surface area contributed by atoms with Crippen LogP contribution in [0.3, 0.4) is 0 Å². The van der Waals surface area contributed by atoms with E-state index in [9.17, 15) is 119 Å². The monoisotopic (exact) mass is 1200 g/mol. The Bertz CT molecular complexity index is 3900. The molecule has 7 aromatic rings.